The Kier molecular flexibility index (Phi) is 3.96. The van der Waals surface area contributed by atoms with Crippen molar-refractivity contribution in [2.75, 3.05) is 19.8 Å². The minimum Gasteiger partial charge on any atom is -0.381 e. The summed E-state index contributed by atoms with van der Waals surface area (Å²) in [4.78, 5) is 14.9. The lowest BCUT2D eigenvalue weighted by molar-refractivity contribution is -0.115. The van der Waals surface area contributed by atoms with Crippen LogP contribution in [-0.2, 0) is 10.3 Å². The summed E-state index contributed by atoms with van der Waals surface area (Å²) in [5.74, 6) is 0.0203. The summed E-state index contributed by atoms with van der Waals surface area (Å²) < 4.78 is 11.8. The second-order valence-electron chi connectivity index (χ2n) is 8.08. The predicted molar refractivity (Wildman–Crippen MR) is 95.6 cm³/mol. The SMILES string of the molecule is CC(C)(C)n1cc(C2N(C(=O)c3ccsn3)CC23CCOCC3)cn1. The van der Waals surface area contributed by atoms with Gasteiger partial charge in [0.05, 0.1) is 17.8 Å². The standard InChI is InChI=1S/C18H24N4O2S/c1-17(2,3)22-11-13(10-19-22)15-18(5-7-24-8-6-18)12-21(15)16(23)14-4-9-25-20-14/h4,9-11,15H,5-8,12H2,1-3H3. The maximum Gasteiger partial charge on any atom is 0.274 e. The Balaban J connectivity index is 1.67. The van der Waals surface area contributed by atoms with Crippen molar-refractivity contribution in [1.29, 1.82) is 0 Å². The molecule has 7 heteroatoms. The minimum absolute atomic E-state index is 0.0203. The van der Waals surface area contributed by atoms with Crippen molar-refractivity contribution in [3.05, 3.63) is 35.1 Å². The van der Waals surface area contributed by atoms with Crippen LogP contribution < -0.4 is 0 Å². The summed E-state index contributed by atoms with van der Waals surface area (Å²) >= 11 is 1.32. The smallest absolute Gasteiger partial charge is 0.274 e. The van der Waals surface area contributed by atoms with Crippen LogP contribution in [0.1, 0.15) is 55.7 Å². The van der Waals surface area contributed by atoms with E-state index in [-0.39, 0.29) is 22.9 Å². The molecule has 2 aliphatic rings. The van der Waals surface area contributed by atoms with Crippen molar-refractivity contribution in [3.8, 4) is 0 Å². The highest BCUT2D eigenvalue weighted by Crippen LogP contribution is 2.55. The Hall–Kier alpha value is -1.73. The number of rotatable bonds is 2. The van der Waals surface area contributed by atoms with Gasteiger partial charge in [0.2, 0.25) is 0 Å². The quantitative estimate of drug-likeness (QED) is 0.826. The molecule has 1 spiro atoms. The van der Waals surface area contributed by atoms with Gasteiger partial charge in [0.15, 0.2) is 0 Å². The van der Waals surface area contributed by atoms with E-state index in [4.69, 9.17) is 4.74 Å². The van der Waals surface area contributed by atoms with E-state index in [9.17, 15) is 4.79 Å². The first-order chi connectivity index (χ1) is 11.9. The predicted octanol–water partition coefficient (Wildman–Crippen LogP) is 3.09. The normalized spacial score (nSPS) is 22.8. The van der Waals surface area contributed by atoms with E-state index < -0.39 is 0 Å². The lowest BCUT2D eigenvalue weighted by atomic mass is 9.64. The molecule has 0 saturated carbocycles. The van der Waals surface area contributed by atoms with Gasteiger partial charge in [-0.25, -0.2) is 0 Å². The highest BCUT2D eigenvalue weighted by atomic mass is 32.1. The van der Waals surface area contributed by atoms with Crippen molar-refractivity contribution in [2.24, 2.45) is 5.41 Å². The average molecular weight is 360 g/mol. The molecular weight excluding hydrogens is 336 g/mol. The van der Waals surface area contributed by atoms with Gasteiger partial charge < -0.3 is 9.64 Å². The first-order valence-corrected chi connectivity index (χ1v) is 9.59. The second-order valence-corrected chi connectivity index (χ2v) is 8.75. The third kappa shape index (κ3) is 2.79. The number of nitrogens with zero attached hydrogens (tertiary/aromatic N) is 4. The van der Waals surface area contributed by atoms with Gasteiger partial charge in [-0.05, 0) is 51.2 Å². The molecule has 4 heterocycles. The van der Waals surface area contributed by atoms with Crippen LogP contribution in [0.25, 0.3) is 0 Å². The number of hydrogen-bond donors (Lipinski definition) is 0. The molecule has 0 aliphatic carbocycles. The van der Waals surface area contributed by atoms with Crippen LogP contribution in [0.2, 0.25) is 0 Å². The fraction of sp³-hybridized carbons (Fsp3) is 0.611. The molecular formula is C18H24N4O2S. The molecule has 0 bridgehead atoms. The molecule has 2 aromatic rings. The first kappa shape index (κ1) is 16.7. The van der Waals surface area contributed by atoms with Crippen LogP contribution in [0.3, 0.4) is 0 Å². The van der Waals surface area contributed by atoms with Gasteiger partial charge in [0.1, 0.15) is 5.69 Å². The lowest BCUT2D eigenvalue weighted by Gasteiger charge is -2.58. The summed E-state index contributed by atoms with van der Waals surface area (Å²) in [6, 6.07) is 1.86. The van der Waals surface area contributed by atoms with Crippen molar-refractivity contribution in [3.63, 3.8) is 0 Å². The Morgan fingerprint density at radius 1 is 1.36 bits per heavy atom. The maximum atomic E-state index is 12.9. The highest BCUT2D eigenvalue weighted by Gasteiger charge is 2.56. The van der Waals surface area contributed by atoms with Crippen molar-refractivity contribution in [2.45, 2.75) is 45.2 Å². The van der Waals surface area contributed by atoms with Crippen LogP contribution in [0, 0.1) is 5.41 Å². The van der Waals surface area contributed by atoms with Gasteiger partial charge in [-0.3, -0.25) is 9.48 Å². The monoisotopic (exact) mass is 360 g/mol. The van der Waals surface area contributed by atoms with Gasteiger partial charge >= 0.3 is 0 Å². The van der Waals surface area contributed by atoms with Gasteiger partial charge in [-0.15, -0.1) is 0 Å². The Bertz CT molecular complexity index is 756. The van der Waals surface area contributed by atoms with E-state index >= 15 is 0 Å². The first-order valence-electron chi connectivity index (χ1n) is 8.75. The van der Waals surface area contributed by atoms with Gasteiger partial charge in [0, 0.05) is 42.3 Å². The molecule has 2 fully saturated rings. The third-order valence-electron chi connectivity index (χ3n) is 5.39. The lowest BCUT2D eigenvalue weighted by Crippen LogP contribution is -2.62. The molecule has 1 unspecified atom stereocenters. The molecule has 2 saturated heterocycles. The molecule has 0 aromatic carbocycles. The molecule has 0 N–H and O–H groups in total. The summed E-state index contributed by atoms with van der Waals surface area (Å²) in [5, 5.41) is 6.41. The Morgan fingerprint density at radius 3 is 2.72 bits per heavy atom. The van der Waals surface area contributed by atoms with Crippen molar-refractivity contribution in [1.82, 2.24) is 19.1 Å². The van der Waals surface area contributed by atoms with Crippen LogP contribution in [0.4, 0.5) is 0 Å². The number of hydrogen-bond acceptors (Lipinski definition) is 5. The molecule has 1 atom stereocenters. The zero-order valence-corrected chi connectivity index (χ0v) is 15.8. The zero-order chi connectivity index (χ0) is 17.7. The molecule has 134 valence electrons. The van der Waals surface area contributed by atoms with E-state index in [2.05, 4.69) is 36.4 Å². The van der Waals surface area contributed by atoms with E-state index in [1.165, 1.54) is 11.5 Å². The van der Waals surface area contributed by atoms with E-state index in [1.807, 2.05) is 21.2 Å². The van der Waals surface area contributed by atoms with Crippen molar-refractivity contribution >= 4 is 17.4 Å². The number of aromatic nitrogens is 3. The van der Waals surface area contributed by atoms with Gasteiger partial charge in [-0.1, -0.05) is 0 Å². The van der Waals surface area contributed by atoms with Crippen LogP contribution in [0.5, 0.6) is 0 Å². The largest absolute Gasteiger partial charge is 0.381 e. The molecule has 2 aliphatic heterocycles. The van der Waals surface area contributed by atoms with Gasteiger partial charge in [-0.2, -0.15) is 9.47 Å². The second kappa shape index (κ2) is 5.92. The Morgan fingerprint density at radius 2 is 2.12 bits per heavy atom. The molecule has 4 rings (SSSR count). The van der Waals surface area contributed by atoms with E-state index in [1.54, 1.807) is 6.07 Å². The number of carbonyl (C=O) groups is 1. The summed E-state index contributed by atoms with van der Waals surface area (Å²) in [6.07, 6.45) is 5.99. The highest BCUT2D eigenvalue weighted by molar-refractivity contribution is 7.03. The fourth-order valence-electron chi connectivity index (χ4n) is 3.98. The topological polar surface area (TPSA) is 60.2 Å². The van der Waals surface area contributed by atoms with Crippen LogP contribution in [-0.4, -0.2) is 44.7 Å². The third-order valence-corrected chi connectivity index (χ3v) is 5.95. The summed E-state index contributed by atoms with van der Waals surface area (Å²) in [5.41, 5.74) is 1.69. The fourth-order valence-corrected chi connectivity index (χ4v) is 4.49. The summed E-state index contributed by atoms with van der Waals surface area (Å²) in [7, 11) is 0. The maximum absolute atomic E-state index is 12.9. The zero-order valence-electron chi connectivity index (χ0n) is 14.9. The number of carbonyl (C=O) groups excluding carboxylic acids is 1. The minimum atomic E-state index is -0.0748. The number of likely N-dealkylation sites (tertiary alicyclic amines) is 1. The summed E-state index contributed by atoms with van der Waals surface area (Å²) in [6.45, 7) is 8.70. The molecule has 2 aromatic heterocycles. The Labute approximate surface area is 151 Å². The molecule has 1 amide bonds. The van der Waals surface area contributed by atoms with Gasteiger partial charge in [0.25, 0.3) is 5.91 Å². The van der Waals surface area contributed by atoms with Crippen molar-refractivity contribution < 1.29 is 9.53 Å². The van der Waals surface area contributed by atoms with Crippen LogP contribution in [0.15, 0.2) is 23.8 Å². The molecule has 6 nitrogen and oxygen atoms in total. The average Bonchev–Trinajstić information content (AvgIpc) is 3.24. The van der Waals surface area contributed by atoms with Crippen LogP contribution >= 0.6 is 11.5 Å². The number of amides is 1. The molecule has 25 heavy (non-hydrogen) atoms. The van der Waals surface area contributed by atoms with E-state index in [0.717, 1.165) is 38.2 Å². The molecule has 0 radical (unpaired) electrons. The van der Waals surface area contributed by atoms with E-state index in [0.29, 0.717) is 5.69 Å². The number of ether oxygens (including phenoxy) is 1.